The van der Waals surface area contributed by atoms with E-state index < -0.39 is 0 Å². The lowest BCUT2D eigenvalue weighted by Gasteiger charge is -2.38. The molecule has 3 rings (SSSR count). The molecule has 2 heterocycles. The Morgan fingerprint density at radius 3 is 2.15 bits per heavy atom. The lowest BCUT2D eigenvalue weighted by molar-refractivity contribution is -0.138. The number of anilines is 1. The van der Waals surface area contributed by atoms with Gasteiger partial charge in [-0.15, -0.1) is 0 Å². The fourth-order valence-corrected chi connectivity index (χ4v) is 3.57. The quantitative estimate of drug-likeness (QED) is 0.736. The van der Waals surface area contributed by atoms with Gasteiger partial charge in [-0.1, -0.05) is 12.1 Å². The molecule has 27 heavy (non-hydrogen) atoms. The minimum Gasteiger partial charge on any atom is -0.375 e. The SMILES string of the molecule is COCC(=O)N1CCN(CC(=O)N2CCN(c3ccccc3F)CC2)CC1. The van der Waals surface area contributed by atoms with Crippen molar-refractivity contribution in [2.75, 3.05) is 77.5 Å². The first-order valence-corrected chi connectivity index (χ1v) is 9.35. The van der Waals surface area contributed by atoms with E-state index >= 15 is 0 Å². The molecule has 2 aliphatic heterocycles. The Morgan fingerprint density at radius 1 is 0.926 bits per heavy atom. The molecule has 148 valence electrons. The molecule has 0 unspecified atom stereocenters. The predicted molar refractivity (Wildman–Crippen MR) is 100 cm³/mol. The number of hydrogen-bond donors (Lipinski definition) is 0. The number of para-hydroxylation sites is 1. The highest BCUT2D eigenvalue weighted by Gasteiger charge is 2.26. The molecule has 0 spiro atoms. The van der Waals surface area contributed by atoms with Crippen molar-refractivity contribution in [3.05, 3.63) is 30.1 Å². The number of carbonyl (C=O) groups excluding carboxylic acids is 2. The standard InChI is InChI=1S/C19H27FN4O3/c1-27-15-19(26)24-8-6-21(7-9-24)14-18(25)23-12-10-22(11-13-23)17-5-3-2-4-16(17)20/h2-5H,6-15H2,1H3. The largest absolute Gasteiger partial charge is 0.375 e. The summed E-state index contributed by atoms with van der Waals surface area (Å²) in [6.45, 7) is 5.55. The van der Waals surface area contributed by atoms with Crippen molar-refractivity contribution in [3.8, 4) is 0 Å². The molecule has 0 saturated carbocycles. The maximum absolute atomic E-state index is 13.9. The zero-order valence-electron chi connectivity index (χ0n) is 15.8. The van der Waals surface area contributed by atoms with Crippen molar-refractivity contribution in [3.63, 3.8) is 0 Å². The second kappa shape index (κ2) is 9.14. The second-order valence-corrected chi connectivity index (χ2v) is 6.91. The van der Waals surface area contributed by atoms with Gasteiger partial charge < -0.3 is 19.4 Å². The molecule has 1 aromatic carbocycles. The molecule has 0 aromatic heterocycles. The smallest absolute Gasteiger partial charge is 0.248 e. The zero-order chi connectivity index (χ0) is 19.2. The van der Waals surface area contributed by atoms with Crippen LogP contribution in [0.15, 0.2) is 24.3 Å². The number of methoxy groups -OCH3 is 1. The van der Waals surface area contributed by atoms with Crippen LogP contribution in [0.25, 0.3) is 0 Å². The van der Waals surface area contributed by atoms with Crippen LogP contribution < -0.4 is 4.90 Å². The topological polar surface area (TPSA) is 56.3 Å². The van der Waals surface area contributed by atoms with E-state index in [4.69, 9.17) is 4.74 Å². The molecule has 0 radical (unpaired) electrons. The summed E-state index contributed by atoms with van der Waals surface area (Å²) < 4.78 is 18.8. The number of piperazine rings is 2. The normalized spacial score (nSPS) is 18.7. The molecule has 7 nitrogen and oxygen atoms in total. The summed E-state index contributed by atoms with van der Waals surface area (Å²) >= 11 is 0. The van der Waals surface area contributed by atoms with Crippen LogP contribution >= 0.6 is 0 Å². The molecule has 0 bridgehead atoms. The minimum absolute atomic E-state index is 0.00672. The van der Waals surface area contributed by atoms with Crippen LogP contribution in [0.2, 0.25) is 0 Å². The molecule has 1 aromatic rings. The van der Waals surface area contributed by atoms with Crippen molar-refractivity contribution in [2.24, 2.45) is 0 Å². The van der Waals surface area contributed by atoms with Gasteiger partial charge in [0.2, 0.25) is 11.8 Å². The van der Waals surface area contributed by atoms with Crippen LogP contribution in [0.1, 0.15) is 0 Å². The van der Waals surface area contributed by atoms with Gasteiger partial charge >= 0.3 is 0 Å². The van der Waals surface area contributed by atoms with Crippen molar-refractivity contribution in [2.45, 2.75) is 0 Å². The highest BCUT2D eigenvalue weighted by Crippen LogP contribution is 2.20. The first-order valence-electron chi connectivity index (χ1n) is 9.35. The van der Waals surface area contributed by atoms with Gasteiger partial charge in [0.1, 0.15) is 12.4 Å². The molecule has 2 saturated heterocycles. The van der Waals surface area contributed by atoms with Gasteiger partial charge in [-0.2, -0.15) is 0 Å². The molecular formula is C19H27FN4O3. The number of nitrogens with zero attached hydrogens (tertiary/aromatic N) is 4. The maximum Gasteiger partial charge on any atom is 0.248 e. The Hall–Kier alpha value is -2.19. The van der Waals surface area contributed by atoms with E-state index in [1.165, 1.54) is 13.2 Å². The Bertz CT molecular complexity index is 656. The van der Waals surface area contributed by atoms with Crippen LogP contribution in [-0.4, -0.2) is 99.1 Å². The molecule has 0 aliphatic carbocycles. The van der Waals surface area contributed by atoms with E-state index in [0.29, 0.717) is 64.6 Å². The fourth-order valence-electron chi connectivity index (χ4n) is 3.57. The first-order chi connectivity index (χ1) is 13.1. The van der Waals surface area contributed by atoms with Crippen LogP contribution in [0.5, 0.6) is 0 Å². The van der Waals surface area contributed by atoms with Gasteiger partial charge in [0.25, 0.3) is 0 Å². The average Bonchev–Trinajstić information content (AvgIpc) is 2.69. The average molecular weight is 378 g/mol. The molecule has 8 heteroatoms. The third kappa shape index (κ3) is 4.95. The highest BCUT2D eigenvalue weighted by atomic mass is 19.1. The Kier molecular flexibility index (Phi) is 6.63. The van der Waals surface area contributed by atoms with Gasteiger partial charge in [0.05, 0.1) is 12.2 Å². The summed E-state index contributed by atoms with van der Waals surface area (Å²) in [4.78, 5) is 32.1. The van der Waals surface area contributed by atoms with E-state index in [9.17, 15) is 14.0 Å². The molecule has 2 amide bonds. The number of carbonyl (C=O) groups is 2. The number of benzene rings is 1. The summed E-state index contributed by atoms with van der Waals surface area (Å²) in [5.41, 5.74) is 0.599. The van der Waals surface area contributed by atoms with E-state index in [-0.39, 0.29) is 24.2 Å². The third-order valence-electron chi connectivity index (χ3n) is 5.18. The number of amides is 2. The van der Waals surface area contributed by atoms with Crippen LogP contribution in [0, 0.1) is 5.82 Å². The lowest BCUT2D eigenvalue weighted by Crippen LogP contribution is -2.54. The molecule has 0 N–H and O–H groups in total. The maximum atomic E-state index is 13.9. The van der Waals surface area contributed by atoms with Gasteiger partial charge in [-0.3, -0.25) is 14.5 Å². The molecular weight excluding hydrogens is 351 g/mol. The Morgan fingerprint density at radius 2 is 1.52 bits per heavy atom. The van der Waals surface area contributed by atoms with E-state index in [1.54, 1.807) is 17.0 Å². The number of halogens is 1. The molecule has 0 atom stereocenters. The van der Waals surface area contributed by atoms with E-state index in [1.807, 2.05) is 15.9 Å². The van der Waals surface area contributed by atoms with Gasteiger partial charge in [0.15, 0.2) is 0 Å². The third-order valence-corrected chi connectivity index (χ3v) is 5.18. The molecule has 2 fully saturated rings. The van der Waals surface area contributed by atoms with Crippen LogP contribution in [0.4, 0.5) is 10.1 Å². The van der Waals surface area contributed by atoms with Crippen molar-refractivity contribution >= 4 is 17.5 Å². The first kappa shape index (κ1) is 19.6. The monoisotopic (exact) mass is 378 g/mol. The number of rotatable bonds is 5. The van der Waals surface area contributed by atoms with Gasteiger partial charge in [0, 0.05) is 59.5 Å². The number of ether oxygens (including phenoxy) is 1. The molecule has 2 aliphatic rings. The van der Waals surface area contributed by atoms with Crippen molar-refractivity contribution in [1.82, 2.24) is 14.7 Å². The van der Waals surface area contributed by atoms with Crippen LogP contribution in [0.3, 0.4) is 0 Å². The second-order valence-electron chi connectivity index (χ2n) is 6.91. The van der Waals surface area contributed by atoms with Gasteiger partial charge in [-0.05, 0) is 12.1 Å². The fraction of sp³-hybridized carbons (Fsp3) is 0.579. The van der Waals surface area contributed by atoms with Gasteiger partial charge in [-0.25, -0.2) is 4.39 Å². The summed E-state index contributed by atoms with van der Waals surface area (Å²) in [5.74, 6) is -0.134. The lowest BCUT2D eigenvalue weighted by atomic mass is 10.2. The summed E-state index contributed by atoms with van der Waals surface area (Å²) in [6.07, 6.45) is 0. The zero-order valence-corrected chi connectivity index (χ0v) is 15.8. The summed E-state index contributed by atoms with van der Waals surface area (Å²) in [5, 5.41) is 0. The van der Waals surface area contributed by atoms with Crippen molar-refractivity contribution < 1.29 is 18.7 Å². The van der Waals surface area contributed by atoms with E-state index in [0.717, 1.165) is 0 Å². The predicted octanol–water partition coefficient (Wildman–Crippen LogP) is 0.265. The Labute approximate surface area is 159 Å². The minimum atomic E-state index is -0.224. The summed E-state index contributed by atoms with van der Waals surface area (Å²) in [7, 11) is 1.51. The number of hydrogen-bond acceptors (Lipinski definition) is 5. The highest BCUT2D eigenvalue weighted by molar-refractivity contribution is 5.79. The Balaban J connectivity index is 1.43. The van der Waals surface area contributed by atoms with Crippen LogP contribution in [-0.2, 0) is 14.3 Å². The summed E-state index contributed by atoms with van der Waals surface area (Å²) in [6, 6.07) is 6.75. The van der Waals surface area contributed by atoms with Crippen molar-refractivity contribution in [1.29, 1.82) is 0 Å². The van der Waals surface area contributed by atoms with E-state index in [2.05, 4.69) is 4.90 Å².